The first kappa shape index (κ1) is 17.1. The van der Waals surface area contributed by atoms with Gasteiger partial charge < -0.3 is 10.9 Å². The van der Waals surface area contributed by atoms with Crippen molar-refractivity contribution in [3.63, 3.8) is 0 Å². The van der Waals surface area contributed by atoms with Gasteiger partial charge >= 0.3 is 5.97 Å². The van der Waals surface area contributed by atoms with Gasteiger partial charge in [-0.05, 0) is 62.8 Å². The molecule has 0 aromatic heterocycles. The predicted octanol–water partition coefficient (Wildman–Crippen LogP) is 4.79. The Balaban J connectivity index is 2.23. The second kappa shape index (κ2) is 6.89. The molecule has 0 aliphatic carbocycles. The molecule has 0 amide bonds. The van der Waals surface area contributed by atoms with E-state index in [1.165, 1.54) is 0 Å². The summed E-state index contributed by atoms with van der Waals surface area (Å²) < 4.78 is 16.4. The maximum absolute atomic E-state index is 11.3. The number of aryl methyl sites for hydroxylation is 1. The van der Waals surface area contributed by atoms with E-state index < -0.39 is 0 Å². The fraction of sp³-hybridized carbons (Fsp3) is 0.533. The minimum atomic E-state index is -0.357. The zero-order chi connectivity index (χ0) is 15.6. The van der Waals surface area contributed by atoms with Crippen LogP contribution in [0.2, 0.25) is 0 Å². The third-order valence-corrected chi connectivity index (χ3v) is 5.09. The van der Waals surface area contributed by atoms with Crippen LogP contribution in [-0.4, -0.2) is 11.6 Å². The number of hydrogen-bond acceptors (Lipinski definition) is 4. The van der Waals surface area contributed by atoms with Gasteiger partial charge in [0.1, 0.15) is 17.1 Å². The normalized spacial score (nSPS) is 21.3. The number of halogens is 2. The van der Waals surface area contributed by atoms with Gasteiger partial charge in [0.05, 0.1) is 0 Å². The Bertz CT molecular complexity index is 559. The summed E-state index contributed by atoms with van der Waals surface area (Å²) in [5.74, 6) is 1.64. The molecule has 0 unspecified atom stereocenters. The summed E-state index contributed by atoms with van der Waals surface area (Å²) in [6.07, 6.45) is 2.87. The van der Waals surface area contributed by atoms with E-state index in [4.69, 9.17) is 10.9 Å². The van der Waals surface area contributed by atoms with E-state index in [0.717, 1.165) is 47.5 Å². The molecule has 1 saturated heterocycles. The lowest BCUT2D eigenvalue weighted by Crippen LogP contribution is -2.24. The summed E-state index contributed by atoms with van der Waals surface area (Å²) in [7, 11) is 0. The van der Waals surface area contributed by atoms with Crippen molar-refractivity contribution in [3.8, 4) is 11.5 Å². The molecule has 1 atom stereocenters. The predicted molar refractivity (Wildman–Crippen MR) is 97.3 cm³/mol. The number of carbonyl (C=O) groups is 1. The van der Waals surface area contributed by atoms with Gasteiger partial charge in [-0.25, -0.2) is 0 Å². The summed E-state index contributed by atoms with van der Waals surface area (Å²) in [5, 5.41) is 0. The Labute approximate surface area is 153 Å². The number of carbonyl (C=O) groups excluding carboxylic acids is 1. The largest absolute Gasteiger partial charge is 0.459 e. The van der Waals surface area contributed by atoms with Crippen LogP contribution < -0.4 is 6.13 Å². The minimum Gasteiger partial charge on any atom is -0.459 e. The van der Waals surface area contributed by atoms with Gasteiger partial charge in [0.15, 0.2) is 46.0 Å². The Morgan fingerprint density at radius 1 is 1.29 bits per heavy atom. The standard InChI is InChI=1S/C15H18I2O4/c1-9-10(2)14(21-17)11(8-12(9)20-16)4-6-15(3)7-5-13(18)19-15/h8H,4-7H2,1-3H3/t15-/m0/s1. The highest BCUT2D eigenvalue weighted by Crippen LogP contribution is 2.38. The molecule has 0 saturated carbocycles. The average Bonchev–Trinajstić information content (AvgIpc) is 2.80. The molecule has 0 radical (unpaired) electrons. The van der Waals surface area contributed by atoms with E-state index in [1.54, 1.807) is 0 Å². The van der Waals surface area contributed by atoms with Gasteiger partial charge in [-0.2, -0.15) is 0 Å². The van der Waals surface area contributed by atoms with Crippen LogP contribution in [0.1, 0.15) is 42.9 Å². The van der Waals surface area contributed by atoms with Crippen LogP contribution in [0.15, 0.2) is 6.07 Å². The first-order chi connectivity index (χ1) is 9.90. The van der Waals surface area contributed by atoms with Crippen molar-refractivity contribution >= 4 is 52.0 Å². The first-order valence-corrected chi connectivity index (χ1v) is 8.58. The lowest BCUT2D eigenvalue weighted by atomic mass is 9.92. The molecule has 4 nitrogen and oxygen atoms in total. The lowest BCUT2D eigenvalue weighted by molar-refractivity contribution is -0.147. The van der Waals surface area contributed by atoms with Crippen LogP contribution in [-0.2, 0) is 16.0 Å². The van der Waals surface area contributed by atoms with Crippen molar-refractivity contribution in [1.29, 1.82) is 0 Å². The van der Waals surface area contributed by atoms with Gasteiger partial charge in [-0.1, -0.05) is 0 Å². The lowest BCUT2D eigenvalue weighted by Gasteiger charge is -2.23. The number of benzene rings is 1. The van der Waals surface area contributed by atoms with Gasteiger partial charge in [-0.15, -0.1) is 0 Å². The fourth-order valence-electron chi connectivity index (χ4n) is 2.62. The molecule has 0 spiro atoms. The molecule has 0 N–H and O–H groups in total. The van der Waals surface area contributed by atoms with Crippen molar-refractivity contribution in [2.75, 3.05) is 0 Å². The van der Waals surface area contributed by atoms with Crippen LogP contribution in [0.4, 0.5) is 0 Å². The van der Waals surface area contributed by atoms with Crippen LogP contribution in [0, 0.1) is 13.8 Å². The van der Waals surface area contributed by atoms with Crippen molar-refractivity contribution in [2.45, 2.75) is 52.1 Å². The molecule has 2 rings (SSSR count). The molecule has 1 aliphatic heterocycles. The smallest absolute Gasteiger partial charge is 0.306 e. The molecule has 1 aromatic rings. The minimum absolute atomic E-state index is 0.0979. The summed E-state index contributed by atoms with van der Waals surface area (Å²) >= 11 is 3.81. The number of ether oxygens (including phenoxy) is 1. The Morgan fingerprint density at radius 3 is 2.52 bits per heavy atom. The fourth-order valence-corrected chi connectivity index (χ4v) is 3.69. The Hall–Kier alpha value is -0.250. The molecule has 0 bridgehead atoms. The van der Waals surface area contributed by atoms with E-state index in [1.807, 2.05) is 72.8 Å². The maximum atomic E-state index is 11.3. The second-order valence-electron chi connectivity index (χ2n) is 5.69. The number of hydrogen-bond donors (Lipinski definition) is 0. The first-order valence-electron chi connectivity index (χ1n) is 6.82. The van der Waals surface area contributed by atoms with Gasteiger partial charge in [-0.3, -0.25) is 4.79 Å². The van der Waals surface area contributed by atoms with Gasteiger partial charge in [0.2, 0.25) is 0 Å². The average molecular weight is 516 g/mol. The van der Waals surface area contributed by atoms with Crippen molar-refractivity contribution < 1.29 is 15.7 Å². The van der Waals surface area contributed by atoms with Crippen molar-refractivity contribution in [2.24, 2.45) is 0 Å². The monoisotopic (exact) mass is 516 g/mol. The van der Waals surface area contributed by atoms with Gasteiger partial charge in [0.25, 0.3) is 0 Å². The van der Waals surface area contributed by atoms with Crippen LogP contribution in [0.5, 0.6) is 11.5 Å². The van der Waals surface area contributed by atoms with E-state index >= 15 is 0 Å². The molecule has 1 aliphatic rings. The molecule has 1 aromatic carbocycles. The van der Waals surface area contributed by atoms with E-state index in [2.05, 4.69) is 0 Å². The summed E-state index contributed by atoms with van der Waals surface area (Å²) in [6.45, 7) is 6.05. The van der Waals surface area contributed by atoms with Crippen LogP contribution in [0.3, 0.4) is 0 Å². The van der Waals surface area contributed by atoms with E-state index in [0.29, 0.717) is 6.42 Å². The Morgan fingerprint density at radius 2 is 2.00 bits per heavy atom. The summed E-state index contributed by atoms with van der Waals surface area (Å²) in [5.41, 5.74) is 2.90. The molecule has 6 heteroatoms. The number of rotatable bonds is 5. The molecule has 1 heterocycles. The third-order valence-electron chi connectivity index (χ3n) is 4.17. The molecular weight excluding hydrogens is 498 g/mol. The highest BCUT2D eigenvalue weighted by Gasteiger charge is 2.35. The summed E-state index contributed by atoms with van der Waals surface area (Å²) in [6, 6.07) is 2.02. The SMILES string of the molecule is Cc1c(OI)cc(CC[C@@]2(C)CCC(=O)O2)c(OI)c1C. The Kier molecular flexibility index (Phi) is 5.61. The maximum Gasteiger partial charge on any atom is 0.306 e. The number of esters is 1. The zero-order valence-electron chi connectivity index (χ0n) is 12.3. The van der Waals surface area contributed by atoms with Gasteiger partial charge in [0, 0.05) is 6.42 Å². The third kappa shape index (κ3) is 3.75. The quantitative estimate of drug-likeness (QED) is 0.418. The highest BCUT2D eigenvalue weighted by molar-refractivity contribution is 14.1. The van der Waals surface area contributed by atoms with Crippen LogP contribution >= 0.6 is 46.0 Å². The molecule has 1 fully saturated rings. The zero-order valence-corrected chi connectivity index (χ0v) is 16.6. The van der Waals surface area contributed by atoms with Crippen molar-refractivity contribution in [1.82, 2.24) is 0 Å². The molecule has 21 heavy (non-hydrogen) atoms. The highest BCUT2D eigenvalue weighted by atomic mass is 127. The number of cyclic esters (lactones) is 1. The molecule has 116 valence electrons. The van der Waals surface area contributed by atoms with Crippen molar-refractivity contribution in [3.05, 3.63) is 22.8 Å². The summed E-state index contributed by atoms with van der Waals surface area (Å²) in [4.78, 5) is 11.3. The second-order valence-corrected chi connectivity index (χ2v) is 6.57. The topological polar surface area (TPSA) is 44.8 Å². The van der Waals surface area contributed by atoms with E-state index in [-0.39, 0.29) is 11.6 Å². The van der Waals surface area contributed by atoms with E-state index in [9.17, 15) is 4.79 Å². The molecular formula is C15H18I2O4. The van der Waals surface area contributed by atoms with Crippen LogP contribution in [0.25, 0.3) is 0 Å².